The van der Waals surface area contributed by atoms with Crippen LogP contribution in [0, 0.1) is 0 Å². The summed E-state index contributed by atoms with van der Waals surface area (Å²) in [4.78, 5) is 38.1. The average molecular weight is 231 g/mol. The number of anilines is 1. The van der Waals surface area contributed by atoms with E-state index in [1.165, 1.54) is 12.1 Å². The molecule has 0 saturated carbocycles. The van der Waals surface area contributed by atoms with Crippen LogP contribution in [0.2, 0.25) is 0 Å². The first-order valence-electron chi connectivity index (χ1n) is 4.96. The molecule has 6 nitrogen and oxygen atoms in total. The zero-order valence-corrected chi connectivity index (χ0v) is 9.01. The van der Waals surface area contributed by atoms with E-state index >= 15 is 0 Å². The molecule has 2 rings (SSSR count). The number of isocyanates is 1. The summed E-state index contributed by atoms with van der Waals surface area (Å²) in [6, 6.07) is 5.30. The van der Waals surface area contributed by atoms with Crippen LogP contribution < -0.4 is 10.2 Å². The molecule has 1 aliphatic rings. The van der Waals surface area contributed by atoms with E-state index in [1.807, 2.05) is 0 Å². The van der Waals surface area contributed by atoms with Crippen LogP contribution in [0.25, 0.3) is 0 Å². The van der Waals surface area contributed by atoms with Gasteiger partial charge in [-0.05, 0) is 19.1 Å². The summed E-state index contributed by atoms with van der Waals surface area (Å²) in [7, 11) is 0. The van der Waals surface area contributed by atoms with E-state index in [0.29, 0.717) is 0 Å². The highest BCUT2D eigenvalue weighted by Crippen LogP contribution is 2.30. The summed E-state index contributed by atoms with van der Waals surface area (Å²) in [5.74, 6) is -0.372. The highest BCUT2D eigenvalue weighted by Gasteiger charge is 2.37. The predicted molar refractivity (Wildman–Crippen MR) is 59.7 cm³/mol. The minimum atomic E-state index is -0.573. The van der Waals surface area contributed by atoms with Gasteiger partial charge in [0.15, 0.2) is 0 Å². The van der Waals surface area contributed by atoms with Gasteiger partial charge >= 0.3 is 6.03 Å². The fraction of sp³-hybridized carbons (Fsp3) is 0.182. The van der Waals surface area contributed by atoms with Crippen molar-refractivity contribution in [2.24, 2.45) is 4.99 Å². The fourth-order valence-corrected chi connectivity index (χ4v) is 1.63. The molecule has 1 saturated heterocycles. The third-order valence-electron chi connectivity index (χ3n) is 2.42. The van der Waals surface area contributed by atoms with Gasteiger partial charge in [-0.3, -0.25) is 4.79 Å². The van der Waals surface area contributed by atoms with E-state index in [2.05, 4.69) is 10.3 Å². The van der Waals surface area contributed by atoms with Crippen LogP contribution in [0.15, 0.2) is 29.3 Å². The first-order valence-corrected chi connectivity index (χ1v) is 4.96. The maximum Gasteiger partial charge on any atom is 0.329 e. The summed E-state index contributed by atoms with van der Waals surface area (Å²) in [5, 5.41) is 2.48. The predicted octanol–water partition coefficient (Wildman–Crippen LogP) is 1.10. The summed E-state index contributed by atoms with van der Waals surface area (Å²) in [6.07, 6.45) is 1.39. The van der Waals surface area contributed by atoms with Crippen molar-refractivity contribution in [1.82, 2.24) is 5.32 Å². The summed E-state index contributed by atoms with van der Waals surface area (Å²) < 4.78 is 0. The first kappa shape index (κ1) is 11.0. The van der Waals surface area contributed by atoms with Crippen LogP contribution >= 0.6 is 0 Å². The van der Waals surface area contributed by atoms with Crippen molar-refractivity contribution in [2.45, 2.75) is 13.0 Å². The van der Waals surface area contributed by atoms with Gasteiger partial charge in [0, 0.05) is 0 Å². The lowest BCUT2D eigenvalue weighted by Gasteiger charge is -2.13. The van der Waals surface area contributed by atoms with Gasteiger partial charge in [-0.15, -0.1) is 0 Å². The number of amides is 3. The van der Waals surface area contributed by atoms with E-state index in [0.717, 1.165) is 4.90 Å². The Morgan fingerprint density at radius 2 is 2.06 bits per heavy atom. The van der Waals surface area contributed by atoms with Gasteiger partial charge in [0.1, 0.15) is 11.7 Å². The lowest BCUT2D eigenvalue weighted by atomic mass is 10.2. The third kappa shape index (κ3) is 1.81. The standard InChI is InChI=1S/C11H9N3O3/c1-7-10(16)14(11(17)13-7)9-5-3-2-4-8(9)12-6-15/h2-5,7H,1H3,(H,13,17). The SMILES string of the molecule is CC1NC(=O)N(c2ccccc2N=C=O)C1=O. The van der Waals surface area contributed by atoms with Crippen molar-refractivity contribution in [3.63, 3.8) is 0 Å². The number of carbonyl (C=O) groups is 2. The molecule has 1 aliphatic heterocycles. The minimum Gasteiger partial charge on any atom is -0.326 e. The van der Waals surface area contributed by atoms with E-state index in [1.54, 1.807) is 25.1 Å². The van der Waals surface area contributed by atoms with Gasteiger partial charge in [-0.25, -0.2) is 14.5 Å². The normalized spacial score (nSPS) is 18.9. The topological polar surface area (TPSA) is 78.8 Å². The Labute approximate surface area is 96.9 Å². The molecule has 1 fully saturated rings. The van der Waals surface area contributed by atoms with Crippen LogP contribution in [0.3, 0.4) is 0 Å². The van der Waals surface area contributed by atoms with Crippen molar-refractivity contribution in [2.75, 3.05) is 4.90 Å². The minimum absolute atomic E-state index is 0.236. The molecule has 86 valence electrons. The van der Waals surface area contributed by atoms with Crippen LogP contribution in [0.1, 0.15) is 6.92 Å². The molecule has 0 aliphatic carbocycles. The second-order valence-electron chi connectivity index (χ2n) is 3.54. The van der Waals surface area contributed by atoms with Gasteiger partial charge in [0.2, 0.25) is 6.08 Å². The number of hydrogen-bond donors (Lipinski definition) is 1. The largest absolute Gasteiger partial charge is 0.329 e. The van der Waals surface area contributed by atoms with Crippen molar-refractivity contribution in [1.29, 1.82) is 0 Å². The van der Waals surface area contributed by atoms with Crippen molar-refractivity contribution in [3.8, 4) is 0 Å². The Hall–Kier alpha value is -2.46. The van der Waals surface area contributed by atoms with Crippen LogP contribution in [-0.2, 0) is 9.59 Å². The number of rotatable bonds is 2. The van der Waals surface area contributed by atoms with E-state index in [-0.39, 0.29) is 17.3 Å². The molecular formula is C11H9N3O3. The molecule has 1 aromatic carbocycles. The number of aliphatic imine (C=N–C) groups is 1. The van der Waals surface area contributed by atoms with Crippen LogP contribution in [0.5, 0.6) is 0 Å². The van der Waals surface area contributed by atoms with Gasteiger partial charge < -0.3 is 5.32 Å². The molecule has 1 heterocycles. The maximum absolute atomic E-state index is 11.8. The Morgan fingerprint density at radius 1 is 1.35 bits per heavy atom. The Bertz CT molecular complexity index is 535. The van der Waals surface area contributed by atoms with Crippen LogP contribution in [0.4, 0.5) is 16.2 Å². The number of imide groups is 1. The Morgan fingerprint density at radius 3 is 2.65 bits per heavy atom. The number of benzene rings is 1. The number of nitrogens with one attached hydrogen (secondary N) is 1. The van der Waals surface area contributed by atoms with Gasteiger partial charge in [0.05, 0.1) is 5.69 Å². The molecule has 1 unspecified atom stereocenters. The van der Waals surface area contributed by atoms with E-state index in [4.69, 9.17) is 0 Å². The zero-order chi connectivity index (χ0) is 12.4. The first-order chi connectivity index (χ1) is 8.15. The number of hydrogen-bond acceptors (Lipinski definition) is 4. The molecule has 6 heteroatoms. The second-order valence-corrected chi connectivity index (χ2v) is 3.54. The average Bonchev–Trinajstić information content (AvgIpc) is 2.55. The maximum atomic E-state index is 11.8. The zero-order valence-electron chi connectivity index (χ0n) is 9.01. The molecule has 17 heavy (non-hydrogen) atoms. The monoisotopic (exact) mass is 231 g/mol. The van der Waals surface area contributed by atoms with Crippen molar-refractivity contribution in [3.05, 3.63) is 24.3 Å². The van der Waals surface area contributed by atoms with E-state index < -0.39 is 12.1 Å². The number of nitrogens with zero attached hydrogens (tertiary/aromatic N) is 2. The fourth-order valence-electron chi connectivity index (χ4n) is 1.63. The number of urea groups is 1. The van der Waals surface area contributed by atoms with Gasteiger partial charge in [0.25, 0.3) is 5.91 Å². The molecule has 0 spiro atoms. The lowest BCUT2D eigenvalue weighted by molar-refractivity contribution is -0.117. The quantitative estimate of drug-likeness (QED) is 0.470. The number of para-hydroxylation sites is 2. The van der Waals surface area contributed by atoms with Gasteiger partial charge in [-0.1, -0.05) is 12.1 Å². The second kappa shape index (κ2) is 4.19. The molecular weight excluding hydrogens is 222 g/mol. The van der Waals surface area contributed by atoms with Crippen LogP contribution in [-0.4, -0.2) is 24.1 Å². The highest BCUT2D eigenvalue weighted by atomic mass is 16.2. The van der Waals surface area contributed by atoms with Crippen molar-refractivity contribution >= 4 is 29.4 Å². The Balaban J connectivity index is 2.50. The molecule has 0 bridgehead atoms. The smallest absolute Gasteiger partial charge is 0.326 e. The molecule has 1 N–H and O–H groups in total. The summed E-state index contributed by atoms with van der Waals surface area (Å²) in [5.41, 5.74) is 0.516. The summed E-state index contributed by atoms with van der Waals surface area (Å²) in [6.45, 7) is 1.59. The molecule has 0 aromatic heterocycles. The molecule has 1 atom stereocenters. The third-order valence-corrected chi connectivity index (χ3v) is 2.42. The summed E-state index contributed by atoms with van der Waals surface area (Å²) >= 11 is 0. The lowest BCUT2D eigenvalue weighted by Crippen LogP contribution is -2.30. The molecule has 0 radical (unpaired) electrons. The molecule has 1 aromatic rings. The Kier molecular flexibility index (Phi) is 2.72. The van der Waals surface area contributed by atoms with Crippen molar-refractivity contribution < 1.29 is 14.4 Å². The molecule has 3 amide bonds. The number of carbonyl (C=O) groups excluding carboxylic acids is 3. The highest BCUT2D eigenvalue weighted by molar-refractivity contribution is 6.22. The van der Waals surface area contributed by atoms with E-state index in [9.17, 15) is 14.4 Å². The van der Waals surface area contributed by atoms with Gasteiger partial charge in [-0.2, -0.15) is 4.99 Å².